The van der Waals surface area contributed by atoms with Crippen molar-refractivity contribution in [2.75, 3.05) is 7.11 Å². The van der Waals surface area contributed by atoms with E-state index in [1.54, 1.807) is 12.1 Å². The molecule has 4 nitrogen and oxygen atoms in total. The lowest BCUT2D eigenvalue weighted by molar-refractivity contribution is -0.134. The van der Waals surface area contributed by atoms with Crippen LogP contribution in [0.25, 0.3) is 17.0 Å². The fraction of sp³-hybridized carbons (Fsp3) is 0.214. The van der Waals surface area contributed by atoms with Gasteiger partial charge in [-0.1, -0.05) is 6.07 Å². The third-order valence-corrected chi connectivity index (χ3v) is 2.83. The quantitative estimate of drug-likeness (QED) is 0.668. The largest absolute Gasteiger partial charge is 0.494 e. The van der Waals surface area contributed by atoms with E-state index in [-0.39, 0.29) is 11.8 Å². The van der Waals surface area contributed by atoms with Crippen molar-refractivity contribution in [3.8, 4) is 5.88 Å². The van der Waals surface area contributed by atoms with Crippen LogP contribution in [0.2, 0.25) is 0 Å². The summed E-state index contributed by atoms with van der Waals surface area (Å²) in [5.74, 6) is -0.134. The number of aryl methyl sites for hydroxylation is 1. The molecule has 0 radical (unpaired) electrons. The number of aromatic hydroxyl groups is 1. The molecule has 1 N–H and O–H groups in total. The maximum Gasteiger partial charge on any atom is 0.330 e. The first kappa shape index (κ1) is 12.2. The number of rotatable bonds is 3. The number of nitrogens with zero attached hydrogens (tertiary/aromatic N) is 1. The molecule has 94 valence electrons. The van der Waals surface area contributed by atoms with Crippen LogP contribution in [0, 0.1) is 0 Å². The summed E-state index contributed by atoms with van der Waals surface area (Å²) in [5, 5.41) is 10.7. The Balaban J connectivity index is 2.39. The maximum atomic E-state index is 11.0. The van der Waals surface area contributed by atoms with Crippen LogP contribution in [0.15, 0.2) is 30.3 Å². The zero-order valence-electron chi connectivity index (χ0n) is 10.4. The van der Waals surface area contributed by atoms with Gasteiger partial charge in [-0.05, 0) is 30.7 Å². The first-order valence-corrected chi connectivity index (χ1v) is 5.74. The minimum absolute atomic E-state index is 0.251. The number of methoxy groups -OCH3 is 1. The molecule has 18 heavy (non-hydrogen) atoms. The van der Waals surface area contributed by atoms with E-state index in [1.807, 2.05) is 29.7 Å². The van der Waals surface area contributed by atoms with E-state index in [0.717, 1.165) is 16.5 Å². The Hall–Kier alpha value is -2.23. The van der Waals surface area contributed by atoms with Gasteiger partial charge in [-0.15, -0.1) is 0 Å². The van der Waals surface area contributed by atoms with Crippen molar-refractivity contribution in [2.24, 2.45) is 0 Å². The van der Waals surface area contributed by atoms with Crippen molar-refractivity contribution < 1.29 is 14.6 Å². The van der Waals surface area contributed by atoms with E-state index >= 15 is 0 Å². The molecule has 0 amide bonds. The number of fused-ring (bicyclic) bond motifs is 1. The van der Waals surface area contributed by atoms with E-state index in [4.69, 9.17) is 0 Å². The summed E-state index contributed by atoms with van der Waals surface area (Å²) in [7, 11) is 1.34. The highest BCUT2D eigenvalue weighted by Gasteiger charge is 2.05. The van der Waals surface area contributed by atoms with Crippen molar-refractivity contribution >= 4 is 22.9 Å². The first-order valence-electron chi connectivity index (χ1n) is 5.74. The van der Waals surface area contributed by atoms with Crippen LogP contribution < -0.4 is 0 Å². The lowest BCUT2D eigenvalue weighted by Gasteiger charge is -2.02. The van der Waals surface area contributed by atoms with Gasteiger partial charge in [-0.3, -0.25) is 0 Å². The standard InChI is InChI=1S/C14H15NO3/c1-3-15-12-6-4-10(5-7-14(17)18-2)8-11(12)9-13(15)16/h4-9,16H,3H2,1-2H3/b7-5+. The Morgan fingerprint density at radius 3 is 2.89 bits per heavy atom. The minimum Gasteiger partial charge on any atom is -0.494 e. The van der Waals surface area contributed by atoms with Gasteiger partial charge in [0.1, 0.15) is 0 Å². The van der Waals surface area contributed by atoms with Crippen molar-refractivity contribution in [1.29, 1.82) is 0 Å². The Kier molecular flexibility index (Phi) is 3.37. The Bertz CT molecular complexity index is 611. The van der Waals surface area contributed by atoms with Crippen molar-refractivity contribution in [3.63, 3.8) is 0 Å². The van der Waals surface area contributed by atoms with Gasteiger partial charge in [0.05, 0.1) is 12.6 Å². The number of ether oxygens (including phenoxy) is 1. The molecule has 1 heterocycles. The molecule has 2 rings (SSSR count). The normalized spacial score (nSPS) is 11.2. The van der Waals surface area contributed by atoms with E-state index in [2.05, 4.69) is 4.74 Å². The van der Waals surface area contributed by atoms with Crippen LogP contribution in [0.5, 0.6) is 5.88 Å². The second-order valence-corrected chi connectivity index (χ2v) is 3.92. The zero-order valence-corrected chi connectivity index (χ0v) is 10.4. The third kappa shape index (κ3) is 2.22. The van der Waals surface area contributed by atoms with Gasteiger partial charge in [-0.2, -0.15) is 0 Å². The summed E-state index contributed by atoms with van der Waals surface area (Å²) in [6, 6.07) is 7.46. The van der Waals surface area contributed by atoms with E-state index < -0.39 is 0 Å². The SMILES string of the molecule is CCn1c(O)cc2cc(/C=C/C(=O)OC)ccc21. The second kappa shape index (κ2) is 4.96. The first-order chi connectivity index (χ1) is 8.65. The predicted molar refractivity (Wildman–Crippen MR) is 70.3 cm³/mol. The van der Waals surface area contributed by atoms with Crippen molar-refractivity contribution in [2.45, 2.75) is 13.5 Å². The summed E-state index contributed by atoms with van der Waals surface area (Å²) in [4.78, 5) is 11.0. The highest BCUT2D eigenvalue weighted by Crippen LogP contribution is 2.25. The fourth-order valence-electron chi connectivity index (χ4n) is 1.94. The minimum atomic E-state index is -0.385. The van der Waals surface area contributed by atoms with Crippen LogP contribution in [0.4, 0.5) is 0 Å². The van der Waals surface area contributed by atoms with Crippen LogP contribution >= 0.6 is 0 Å². The number of esters is 1. The Morgan fingerprint density at radius 1 is 1.44 bits per heavy atom. The summed E-state index contributed by atoms with van der Waals surface area (Å²) < 4.78 is 6.35. The predicted octanol–water partition coefficient (Wildman–Crippen LogP) is 2.55. The summed E-state index contributed by atoms with van der Waals surface area (Å²) in [6.07, 6.45) is 3.06. The molecule has 0 unspecified atom stereocenters. The Labute approximate surface area is 105 Å². The van der Waals surface area contributed by atoms with Crippen LogP contribution in [-0.4, -0.2) is 22.8 Å². The highest BCUT2D eigenvalue weighted by atomic mass is 16.5. The number of carbonyl (C=O) groups excluding carboxylic acids is 1. The number of benzene rings is 1. The second-order valence-electron chi connectivity index (χ2n) is 3.92. The average molecular weight is 245 g/mol. The van der Waals surface area contributed by atoms with Crippen molar-refractivity contribution in [1.82, 2.24) is 4.57 Å². The molecule has 1 aromatic carbocycles. The number of hydrogen-bond acceptors (Lipinski definition) is 3. The summed E-state index contributed by atoms with van der Waals surface area (Å²) >= 11 is 0. The molecule has 0 aliphatic carbocycles. The molecule has 0 fully saturated rings. The molecule has 1 aromatic heterocycles. The lowest BCUT2D eigenvalue weighted by Crippen LogP contribution is -1.93. The Morgan fingerprint density at radius 2 is 2.22 bits per heavy atom. The monoisotopic (exact) mass is 245 g/mol. The smallest absolute Gasteiger partial charge is 0.330 e. The molecular weight excluding hydrogens is 230 g/mol. The number of aromatic nitrogens is 1. The highest BCUT2D eigenvalue weighted by molar-refractivity contribution is 5.89. The van der Waals surface area contributed by atoms with E-state index in [1.165, 1.54) is 13.2 Å². The van der Waals surface area contributed by atoms with E-state index in [0.29, 0.717) is 6.54 Å². The van der Waals surface area contributed by atoms with Gasteiger partial charge < -0.3 is 14.4 Å². The molecule has 0 spiro atoms. The molecule has 0 saturated carbocycles. The molecule has 0 atom stereocenters. The molecule has 0 bridgehead atoms. The zero-order chi connectivity index (χ0) is 13.1. The summed E-state index contributed by atoms with van der Waals surface area (Å²) in [5.41, 5.74) is 1.87. The van der Waals surface area contributed by atoms with Crippen LogP contribution in [-0.2, 0) is 16.1 Å². The molecule has 0 aliphatic rings. The summed E-state index contributed by atoms with van der Waals surface area (Å²) in [6.45, 7) is 2.69. The molecule has 2 aromatic rings. The van der Waals surface area contributed by atoms with Gasteiger partial charge in [0.25, 0.3) is 0 Å². The van der Waals surface area contributed by atoms with E-state index in [9.17, 15) is 9.90 Å². The van der Waals surface area contributed by atoms with Gasteiger partial charge in [0, 0.05) is 24.1 Å². The average Bonchev–Trinajstić information content (AvgIpc) is 2.70. The molecule has 0 aliphatic heterocycles. The number of carbonyl (C=O) groups is 1. The van der Waals surface area contributed by atoms with Gasteiger partial charge in [0.2, 0.25) is 0 Å². The van der Waals surface area contributed by atoms with Crippen LogP contribution in [0.3, 0.4) is 0 Å². The van der Waals surface area contributed by atoms with Crippen LogP contribution in [0.1, 0.15) is 12.5 Å². The lowest BCUT2D eigenvalue weighted by atomic mass is 10.1. The maximum absolute atomic E-state index is 11.0. The molecule has 4 heteroatoms. The van der Waals surface area contributed by atoms with Crippen molar-refractivity contribution in [3.05, 3.63) is 35.9 Å². The third-order valence-electron chi connectivity index (χ3n) is 2.83. The number of hydrogen-bond donors (Lipinski definition) is 1. The van der Waals surface area contributed by atoms with Gasteiger partial charge >= 0.3 is 5.97 Å². The fourth-order valence-corrected chi connectivity index (χ4v) is 1.94. The van der Waals surface area contributed by atoms with Gasteiger partial charge in [0.15, 0.2) is 5.88 Å². The molecule has 0 saturated heterocycles. The topological polar surface area (TPSA) is 51.5 Å². The molecular formula is C14H15NO3. The van der Waals surface area contributed by atoms with Gasteiger partial charge in [-0.25, -0.2) is 4.79 Å².